The quantitative estimate of drug-likeness (QED) is 0.652. The van der Waals surface area contributed by atoms with Crippen molar-refractivity contribution in [3.05, 3.63) is 42.0 Å². The van der Waals surface area contributed by atoms with Crippen molar-refractivity contribution in [3.63, 3.8) is 0 Å². The molecule has 0 saturated carbocycles. The highest BCUT2D eigenvalue weighted by molar-refractivity contribution is 5.90. The van der Waals surface area contributed by atoms with Gasteiger partial charge in [-0.2, -0.15) is 4.68 Å². The normalized spacial score (nSPS) is 21.3. The Balaban J connectivity index is 1.14. The largest absolute Gasteiger partial charge is 0.456 e. The van der Waals surface area contributed by atoms with Gasteiger partial charge in [0.25, 0.3) is 0 Å². The van der Waals surface area contributed by atoms with Crippen LogP contribution in [0.25, 0.3) is 5.82 Å². The molecule has 10 nitrogen and oxygen atoms in total. The highest BCUT2D eigenvalue weighted by atomic mass is 16.5. The van der Waals surface area contributed by atoms with Crippen LogP contribution < -0.4 is 0 Å². The van der Waals surface area contributed by atoms with E-state index in [9.17, 15) is 9.59 Å². The molecule has 2 saturated heterocycles. The van der Waals surface area contributed by atoms with Gasteiger partial charge in [-0.3, -0.25) is 4.79 Å². The summed E-state index contributed by atoms with van der Waals surface area (Å²) < 4.78 is 6.50. The third-order valence-corrected chi connectivity index (χ3v) is 6.43. The molecular weight excluding hydrogens is 386 g/mol. The number of rotatable bonds is 5. The molecule has 2 fully saturated rings. The molecule has 3 aliphatic rings. The Labute approximate surface area is 173 Å². The average Bonchev–Trinajstić information content (AvgIpc) is 3.51. The van der Waals surface area contributed by atoms with Crippen molar-refractivity contribution in [2.24, 2.45) is 5.41 Å². The molecule has 30 heavy (non-hydrogen) atoms. The molecule has 1 spiro atoms. The van der Waals surface area contributed by atoms with E-state index in [1.54, 1.807) is 4.90 Å². The zero-order chi connectivity index (χ0) is 20.6. The lowest BCUT2D eigenvalue weighted by molar-refractivity contribution is -0.138. The van der Waals surface area contributed by atoms with Gasteiger partial charge in [-0.25, -0.2) is 9.78 Å². The summed E-state index contributed by atoms with van der Waals surface area (Å²) in [4.78, 5) is 33.0. The van der Waals surface area contributed by atoms with Crippen LogP contribution in [0.15, 0.2) is 36.4 Å². The zero-order valence-electron chi connectivity index (χ0n) is 16.6. The van der Waals surface area contributed by atoms with Crippen LogP contribution >= 0.6 is 0 Å². The molecule has 10 heteroatoms. The van der Waals surface area contributed by atoms with Crippen molar-refractivity contribution in [1.82, 2.24) is 35.0 Å². The lowest BCUT2D eigenvalue weighted by Crippen LogP contribution is -2.45. The maximum Gasteiger partial charge on any atom is 0.333 e. The van der Waals surface area contributed by atoms with Crippen LogP contribution in [0.2, 0.25) is 0 Å². The maximum atomic E-state index is 13.1. The molecule has 0 radical (unpaired) electrons. The van der Waals surface area contributed by atoms with Crippen LogP contribution in [-0.2, 0) is 20.7 Å². The van der Waals surface area contributed by atoms with E-state index in [0.717, 1.165) is 50.9 Å². The number of aromatic nitrogens is 5. The molecule has 2 aromatic heterocycles. The van der Waals surface area contributed by atoms with E-state index in [0.29, 0.717) is 18.1 Å². The van der Waals surface area contributed by atoms with E-state index < -0.39 is 0 Å². The summed E-state index contributed by atoms with van der Waals surface area (Å²) in [6.45, 7) is 3.65. The third-order valence-electron chi connectivity index (χ3n) is 6.43. The number of likely N-dealkylation sites (tertiary alicyclic amines) is 2. The van der Waals surface area contributed by atoms with Gasteiger partial charge in [0, 0.05) is 25.4 Å². The molecule has 1 amide bonds. The Morgan fingerprint density at radius 3 is 2.60 bits per heavy atom. The van der Waals surface area contributed by atoms with Gasteiger partial charge in [0.2, 0.25) is 5.91 Å². The number of pyridine rings is 1. The lowest BCUT2D eigenvalue weighted by atomic mass is 9.77. The molecule has 156 valence electrons. The van der Waals surface area contributed by atoms with E-state index >= 15 is 0 Å². The van der Waals surface area contributed by atoms with Crippen LogP contribution in [-0.4, -0.2) is 79.7 Å². The number of cyclic esters (lactones) is 1. The smallest absolute Gasteiger partial charge is 0.333 e. The van der Waals surface area contributed by atoms with Crippen LogP contribution in [0.5, 0.6) is 0 Å². The molecule has 2 aromatic rings. The molecule has 0 aliphatic carbocycles. The molecular formula is C20H23N7O3. The number of ether oxygens (including phenoxy) is 1. The van der Waals surface area contributed by atoms with Crippen LogP contribution in [0.4, 0.5) is 0 Å². The van der Waals surface area contributed by atoms with E-state index in [-0.39, 0.29) is 23.9 Å². The number of hydrogen-bond acceptors (Lipinski definition) is 8. The van der Waals surface area contributed by atoms with E-state index in [4.69, 9.17) is 4.74 Å². The Bertz CT molecular complexity index is 963. The summed E-state index contributed by atoms with van der Waals surface area (Å²) in [5, 5.41) is 11.1. The molecule has 0 atom stereocenters. The third kappa shape index (κ3) is 3.47. The number of amides is 1. The standard InChI is InChI=1S/C20H23N7O3/c28-18-11-16(13-30-18)26-10-6-20(19(26)29)4-8-25(9-5-20)7-3-15-1-2-17(21-12-15)27-14-22-23-24-27/h1-2,11-12,14H,3-10,13H2. The first-order chi connectivity index (χ1) is 14.6. The van der Waals surface area contributed by atoms with Gasteiger partial charge in [-0.1, -0.05) is 6.07 Å². The van der Waals surface area contributed by atoms with Crippen molar-refractivity contribution in [2.75, 3.05) is 32.8 Å². The molecule has 0 aromatic carbocycles. The lowest BCUT2D eigenvalue weighted by Gasteiger charge is -2.38. The predicted octanol–water partition coefficient (Wildman–Crippen LogP) is 0.355. The summed E-state index contributed by atoms with van der Waals surface area (Å²) in [5.41, 5.74) is 1.59. The van der Waals surface area contributed by atoms with Gasteiger partial charge in [-0.05, 0) is 60.8 Å². The fourth-order valence-electron chi connectivity index (χ4n) is 4.54. The van der Waals surface area contributed by atoms with Gasteiger partial charge < -0.3 is 14.5 Å². The second-order valence-corrected chi connectivity index (χ2v) is 8.10. The van der Waals surface area contributed by atoms with Crippen LogP contribution in [0, 0.1) is 5.41 Å². The highest BCUT2D eigenvalue weighted by Crippen LogP contribution is 2.43. The zero-order valence-corrected chi connectivity index (χ0v) is 16.6. The first-order valence-corrected chi connectivity index (χ1v) is 10.2. The minimum absolute atomic E-state index is 0.161. The van der Waals surface area contributed by atoms with E-state index in [2.05, 4.69) is 25.4 Å². The van der Waals surface area contributed by atoms with Crippen molar-refractivity contribution in [3.8, 4) is 5.82 Å². The molecule has 3 aliphatic heterocycles. The van der Waals surface area contributed by atoms with Crippen molar-refractivity contribution in [2.45, 2.75) is 25.7 Å². The number of nitrogens with zero attached hydrogens (tertiary/aromatic N) is 7. The molecule has 0 unspecified atom stereocenters. The van der Waals surface area contributed by atoms with Gasteiger partial charge in [0.1, 0.15) is 12.9 Å². The Hall–Kier alpha value is -3.14. The van der Waals surface area contributed by atoms with E-state index in [1.165, 1.54) is 17.1 Å². The highest BCUT2D eigenvalue weighted by Gasteiger charge is 2.49. The van der Waals surface area contributed by atoms with Crippen LogP contribution in [0.3, 0.4) is 0 Å². The summed E-state index contributed by atoms with van der Waals surface area (Å²) in [5.74, 6) is 0.501. The Morgan fingerprint density at radius 2 is 1.93 bits per heavy atom. The summed E-state index contributed by atoms with van der Waals surface area (Å²) in [6.07, 6.45) is 8.31. The molecule has 0 N–H and O–H groups in total. The second kappa shape index (κ2) is 7.60. The van der Waals surface area contributed by atoms with Crippen molar-refractivity contribution in [1.29, 1.82) is 0 Å². The number of hydrogen-bond donors (Lipinski definition) is 0. The number of tetrazole rings is 1. The van der Waals surface area contributed by atoms with Gasteiger partial charge in [0.05, 0.1) is 11.1 Å². The van der Waals surface area contributed by atoms with Gasteiger partial charge >= 0.3 is 5.97 Å². The minimum atomic E-state index is -0.353. The topological polar surface area (TPSA) is 106 Å². The van der Waals surface area contributed by atoms with E-state index in [1.807, 2.05) is 18.3 Å². The first-order valence-electron chi connectivity index (χ1n) is 10.2. The van der Waals surface area contributed by atoms with Gasteiger partial charge in [-0.15, -0.1) is 5.10 Å². The number of carbonyl (C=O) groups is 2. The Morgan fingerprint density at radius 1 is 1.10 bits per heavy atom. The second-order valence-electron chi connectivity index (χ2n) is 8.10. The fourth-order valence-corrected chi connectivity index (χ4v) is 4.54. The van der Waals surface area contributed by atoms with Crippen molar-refractivity contribution >= 4 is 11.9 Å². The number of piperidine rings is 1. The van der Waals surface area contributed by atoms with Crippen molar-refractivity contribution < 1.29 is 14.3 Å². The minimum Gasteiger partial charge on any atom is -0.456 e. The molecule has 0 bridgehead atoms. The monoisotopic (exact) mass is 409 g/mol. The van der Waals surface area contributed by atoms with Gasteiger partial charge in [0.15, 0.2) is 5.82 Å². The molecule has 5 heterocycles. The fraction of sp³-hybridized carbons (Fsp3) is 0.500. The molecule has 5 rings (SSSR count). The first kappa shape index (κ1) is 18.9. The van der Waals surface area contributed by atoms with Crippen LogP contribution in [0.1, 0.15) is 24.8 Å². The summed E-state index contributed by atoms with van der Waals surface area (Å²) in [7, 11) is 0. The Kier molecular flexibility index (Phi) is 4.78. The summed E-state index contributed by atoms with van der Waals surface area (Å²) in [6, 6.07) is 3.96. The predicted molar refractivity (Wildman–Crippen MR) is 104 cm³/mol. The maximum absolute atomic E-state index is 13.1. The number of carbonyl (C=O) groups excluding carboxylic acids is 2. The SMILES string of the molecule is O=C1C=C(N2CCC3(CCN(CCc4ccc(-n5cnnn5)nc4)CC3)C2=O)CO1. The number of esters is 1. The average molecular weight is 409 g/mol. The summed E-state index contributed by atoms with van der Waals surface area (Å²) >= 11 is 0.